The van der Waals surface area contributed by atoms with E-state index >= 15 is 0 Å². The average molecular weight is 606 g/mol. The van der Waals surface area contributed by atoms with Crippen LogP contribution in [0.5, 0.6) is 11.5 Å². The molecule has 3 rings (SSSR count). The van der Waals surface area contributed by atoms with E-state index in [9.17, 15) is 14.0 Å². The van der Waals surface area contributed by atoms with Crippen molar-refractivity contribution in [2.24, 2.45) is 5.10 Å². The summed E-state index contributed by atoms with van der Waals surface area (Å²) in [7, 11) is 0. The molecule has 0 aliphatic carbocycles. The van der Waals surface area contributed by atoms with E-state index in [1.165, 1.54) is 24.4 Å². The van der Waals surface area contributed by atoms with Crippen LogP contribution in [0.1, 0.15) is 46.8 Å². The highest BCUT2D eigenvalue weighted by atomic mass is 79.9. The Balaban J connectivity index is 1.69. The quantitative estimate of drug-likeness (QED) is 0.137. The van der Waals surface area contributed by atoms with E-state index in [1.54, 1.807) is 12.1 Å². The maximum Gasteiger partial charge on any atom is 0.343 e. The van der Waals surface area contributed by atoms with Crippen LogP contribution in [0.15, 0.2) is 68.6 Å². The first-order valence-electron chi connectivity index (χ1n) is 10.7. The lowest BCUT2D eigenvalue weighted by molar-refractivity contribution is -0.123. The number of benzene rings is 3. The minimum Gasteiger partial charge on any atom is -0.483 e. The lowest BCUT2D eigenvalue weighted by Crippen LogP contribution is -2.25. The Morgan fingerprint density at radius 2 is 1.89 bits per heavy atom. The first-order chi connectivity index (χ1) is 16.6. The summed E-state index contributed by atoms with van der Waals surface area (Å²) in [6.45, 7) is 5.84. The summed E-state index contributed by atoms with van der Waals surface area (Å²) in [5, 5.41) is 3.97. The number of nitrogens with one attached hydrogen (secondary N) is 1. The lowest BCUT2D eigenvalue weighted by atomic mass is 10.0. The molecule has 1 N–H and O–H groups in total. The van der Waals surface area contributed by atoms with Crippen molar-refractivity contribution in [3.05, 3.63) is 91.6 Å². The van der Waals surface area contributed by atoms with Gasteiger partial charge in [-0.3, -0.25) is 4.79 Å². The van der Waals surface area contributed by atoms with Gasteiger partial charge in [-0.1, -0.05) is 48.0 Å². The van der Waals surface area contributed by atoms with Crippen molar-refractivity contribution < 1.29 is 23.5 Å². The monoisotopic (exact) mass is 604 g/mol. The second-order valence-electron chi connectivity index (χ2n) is 7.98. The van der Waals surface area contributed by atoms with Crippen molar-refractivity contribution in [1.82, 2.24) is 5.43 Å². The molecule has 0 fully saturated rings. The van der Waals surface area contributed by atoms with Crippen LogP contribution in [0.2, 0.25) is 0 Å². The maximum atomic E-state index is 13.5. The molecule has 3 aromatic rings. The van der Waals surface area contributed by atoms with E-state index in [2.05, 4.69) is 56.2 Å². The zero-order chi connectivity index (χ0) is 25.5. The third kappa shape index (κ3) is 7.47. The van der Waals surface area contributed by atoms with Gasteiger partial charge in [0.25, 0.3) is 5.91 Å². The Morgan fingerprint density at radius 3 is 2.60 bits per heavy atom. The predicted molar refractivity (Wildman–Crippen MR) is 140 cm³/mol. The minimum atomic E-state index is -0.737. The summed E-state index contributed by atoms with van der Waals surface area (Å²) < 4.78 is 25.8. The lowest BCUT2D eigenvalue weighted by Gasteiger charge is -2.14. The number of carbonyl (C=O) groups excluding carboxylic acids is 2. The Kier molecular flexibility index (Phi) is 9.17. The summed E-state index contributed by atoms with van der Waals surface area (Å²) in [5.41, 5.74) is 4.91. The van der Waals surface area contributed by atoms with Crippen LogP contribution in [-0.4, -0.2) is 24.7 Å². The SMILES string of the molecule is Cc1ccc(C(C)C)c(OCC(=O)NN=Cc2cc(Br)cc(Br)c2OC(=O)c2cccc(F)c2)c1. The van der Waals surface area contributed by atoms with Crippen LogP contribution in [0.25, 0.3) is 0 Å². The van der Waals surface area contributed by atoms with Gasteiger partial charge in [0.15, 0.2) is 12.4 Å². The molecule has 0 bridgehead atoms. The van der Waals surface area contributed by atoms with Crippen molar-refractivity contribution in [2.75, 3.05) is 6.61 Å². The van der Waals surface area contributed by atoms with E-state index in [1.807, 2.05) is 25.1 Å². The van der Waals surface area contributed by atoms with Crippen molar-refractivity contribution in [2.45, 2.75) is 26.7 Å². The highest BCUT2D eigenvalue weighted by Crippen LogP contribution is 2.33. The molecule has 0 saturated heterocycles. The molecule has 0 saturated carbocycles. The highest BCUT2D eigenvalue weighted by molar-refractivity contribution is 9.11. The number of carbonyl (C=O) groups is 2. The molecule has 9 heteroatoms. The number of rotatable bonds is 8. The minimum absolute atomic E-state index is 0.0603. The molecule has 0 radical (unpaired) electrons. The second-order valence-corrected chi connectivity index (χ2v) is 9.75. The number of hydrazone groups is 1. The van der Waals surface area contributed by atoms with Crippen LogP contribution in [0.4, 0.5) is 4.39 Å². The Morgan fingerprint density at radius 1 is 1.11 bits per heavy atom. The summed E-state index contributed by atoms with van der Waals surface area (Å²) in [6, 6.07) is 14.4. The van der Waals surface area contributed by atoms with Crippen molar-refractivity contribution in [3.63, 3.8) is 0 Å². The molecule has 1 amide bonds. The van der Waals surface area contributed by atoms with Gasteiger partial charge in [-0.05, 0) is 76.3 Å². The van der Waals surface area contributed by atoms with Gasteiger partial charge in [0.05, 0.1) is 16.3 Å². The predicted octanol–water partition coefficient (Wildman–Crippen LogP) is 6.53. The molecule has 35 heavy (non-hydrogen) atoms. The van der Waals surface area contributed by atoms with Gasteiger partial charge in [0.2, 0.25) is 0 Å². The molecule has 182 valence electrons. The molecule has 0 aromatic heterocycles. The van der Waals surface area contributed by atoms with E-state index in [0.717, 1.165) is 17.2 Å². The Labute approximate surface area is 219 Å². The molecule has 0 atom stereocenters. The number of hydrogen-bond donors (Lipinski definition) is 1. The van der Waals surface area contributed by atoms with Gasteiger partial charge in [-0.25, -0.2) is 14.6 Å². The fraction of sp³-hybridized carbons (Fsp3) is 0.192. The number of hydrogen-bond acceptors (Lipinski definition) is 5. The first kappa shape index (κ1) is 26.6. The standard InChI is InChI=1S/C26H23Br2FN2O4/c1-15(2)21-8-7-16(3)9-23(21)34-14-24(32)31-30-13-18-10-19(27)12-22(28)25(18)35-26(33)17-5-4-6-20(29)11-17/h4-13,15H,14H2,1-3H3,(H,31,32). The number of aryl methyl sites for hydroxylation is 1. The molecule has 0 heterocycles. The second kappa shape index (κ2) is 12.1. The van der Waals surface area contributed by atoms with Gasteiger partial charge in [-0.2, -0.15) is 5.10 Å². The number of halogens is 3. The molecule has 0 spiro atoms. The smallest absolute Gasteiger partial charge is 0.343 e. The number of amides is 1. The molecule has 0 aliphatic rings. The van der Waals surface area contributed by atoms with Crippen molar-refractivity contribution in [1.29, 1.82) is 0 Å². The van der Waals surface area contributed by atoms with Crippen LogP contribution in [0.3, 0.4) is 0 Å². The van der Waals surface area contributed by atoms with Crippen LogP contribution < -0.4 is 14.9 Å². The molecule has 6 nitrogen and oxygen atoms in total. The van der Waals surface area contributed by atoms with Gasteiger partial charge in [0.1, 0.15) is 11.6 Å². The summed E-state index contributed by atoms with van der Waals surface area (Å²) in [6.07, 6.45) is 1.34. The Hall–Kier alpha value is -3.04. The number of nitrogens with zero attached hydrogens (tertiary/aromatic N) is 1. The molecular weight excluding hydrogens is 583 g/mol. The van der Waals surface area contributed by atoms with E-state index < -0.39 is 17.7 Å². The van der Waals surface area contributed by atoms with E-state index in [-0.39, 0.29) is 23.8 Å². The van der Waals surface area contributed by atoms with Crippen molar-refractivity contribution in [3.8, 4) is 11.5 Å². The topological polar surface area (TPSA) is 77.0 Å². The van der Waals surface area contributed by atoms with Gasteiger partial charge in [0, 0.05) is 10.0 Å². The molecule has 0 aliphatic heterocycles. The fourth-order valence-electron chi connectivity index (χ4n) is 3.14. The van der Waals surface area contributed by atoms with Crippen LogP contribution in [-0.2, 0) is 4.79 Å². The average Bonchev–Trinajstić information content (AvgIpc) is 2.79. The zero-order valence-electron chi connectivity index (χ0n) is 19.3. The number of esters is 1. The van der Waals surface area contributed by atoms with Crippen LogP contribution in [0, 0.1) is 12.7 Å². The van der Waals surface area contributed by atoms with Gasteiger partial charge >= 0.3 is 5.97 Å². The molecule has 0 unspecified atom stereocenters. The molecular formula is C26H23Br2FN2O4. The number of ether oxygens (including phenoxy) is 2. The van der Waals surface area contributed by atoms with Gasteiger partial charge < -0.3 is 9.47 Å². The zero-order valence-corrected chi connectivity index (χ0v) is 22.4. The van der Waals surface area contributed by atoms with Crippen molar-refractivity contribution >= 4 is 50.0 Å². The molecule has 3 aromatic carbocycles. The summed E-state index contributed by atoms with van der Waals surface area (Å²) in [4.78, 5) is 24.8. The third-order valence-corrected chi connectivity index (χ3v) is 5.88. The highest BCUT2D eigenvalue weighted by Gasteiger charge is 2.16. The fourth-order valence-corrected chi connectivity index (χ4v) is 4.48. The van der Waals surface area contributed by atoms with E-state index in [4.69, 9.17) is 9.47 Å². The largest absolute Gasteiger partial charge is 0.483 e. The summed E-state index contributed by atoms with van der Waals surface area (Å²) in [5.74, 6) is -0.675. The van der Waals surface area contributed by atoms with Crippen LogP contribution >= 0.6 is 31.9 Å². The first-order valence-corrected chi connectivity index (χ1v) is 12.2. The van der Waals surface area contributed by atoms with Gasteiger partial charge in [-0.15, -0.1) is 0 Å². The normalized spacial score (nSPS) is 11.1. The Bertz CT molecular complexity index is 1280. The summed E-state index contributed by atoms with van der Waals surface area (Å²) >= 11 is 6.73. The maximum absolute atomic E-state index is 13.5. The third-order valence-electron chi connectivity index (χ3n) is 4.83. The van der Waals surface area contributed by atoms with E-state index in [0.29, 0.717) is 20.3 Å².